The van der Waals surface area contributed by atoms with Gasteiger partial charge in [0.2, 0.25) is 0 Å². The van der Waals surface area contributed by atoms with Crippen molar-refractivity contribution in [1.82, 2.24) is 9.78 Å². The molecule has 2 rings (SSSR count). The number of halogens is 2. The lowest BCUT2D eigenvalue weighted by Gasteiger charge is -2.07. The average molecular weight is 254 g/mol. The van der Waals surface area contributed by atoms with E-state index in [-0.39, 0.29) is 5.02 Å². The van der Waals surface area contributed by atoms with E-state index in [9.17, 15) is 4.39 Å². The zero-order valence-electron chi connectivity index (χ0n) is 9.67. The fourth-order valence-electron chi connectivity index (χ4n) is 1.65. The Labute approximate surface area is 104 Å². The Kier molecular flexibility index (Phi) is 3.33. The number of aryl methyl sites for hydroxylation is 2. The molecule has 0 aliphatic rings. The Balaban J connectivity index is 2.12. The quantitative estimate of drug-likeness (QED) is 0.911. The van der Waals surface area contributed by atoms with Crippen molar-refractivity contribution in [2.24, 2.45) is 7.05 Å². The SMILES string of the molecule is Cc1nn(C)cc1CNc1cccc(Cl)c1F. The van der Waals surface area contributed by atoms with E-state index in [0.29, 0.717) is 12.2 Å². The van der Waals surface area contributed by atoms with Gasteiger partial charge in [0.15, 0.2) is 5.82 Å². The van der Waals surface area contributed by atoms with Gasteiger partial charge in [-0.25, -0.2) is 4.39 Å². The van der Waals surface area contributed by atoms with Crippen molar-refractivity contribution in [3.05, 3.63) is 46.5 Å². The maximum atomic E-state index is 13.6. The van der Waals surface area contributed by atoms with Gasteiger partial charge < -0.3 is 5.32 Å². The monoisotopic (exact) mass is 253 g/mol. The summed E-state index contributed by atoms with van der Waals surface area (Å²) in [6, 6.07) is 4.90. The lowest BCUT2D eigenvalue weighted by Crippen LogP contribution is -2.02. The summed E-state index contributed by atoms with van der Waals surface area (Å²) in [6.45, 7) is 2.45. The predicted molar refractivity (Wildman–Crippen MR) is 66.7 cm³/mol. The van der Waals surface area contributed by atoms with Crippen molar-refractivity contribution in [3.8, 4) is 0 Å². The molecule has 1 aromatic carbocycles. The van der Waals surface area contributed by atoms with Gasteiger partial charge in [0, 0.05) is 25.4 Å². The highest BCUT2D eigenvalue weighted by molar-refractivity contribution is 6.31. The van der Waals surface area contributed by atoms with Gasteiger partial charge in [0.1, 0.15) is 0 Å². The summed E-state index contributed by atoms with van der Waals surface area (Å²) in [6.07, 6.45) is 1.91. The van der Waals surface area contributed by atoms with Crippen LogP contribution in [0.1, 0.15) is 11.3 Å². The molecule has 0 radical (unpaired) electrons. The normalized spacial score (nSPS) is 10.6. The Hall–Kier alpha value is -1.55. The second-order valence-corrected chi connectivity index (χ2v) is 4.28. The second-order valence-electron chi connectivity index (χ2n) is 3.87. The zero-order chi connectivity index (χ0) is 12.4. The van der Waals surface area contributed by atoms with Gasteiger partial charge in [-0.1, -0.05) is 17.7 Å². The largest absolute Gasteiger partial charge is 0.378 e. The molecule has 0 spiro atoms. The van der Waals surface area contributed by atoms with E-state index in [1.54, 1.807) is 16.8 Å². The molecule has 0 atom stereocenters. The molecule has 0 aliphatic heterocycles. The van der Waals surface area contributed by atoms with Crippen LogP contribution in [0.25, 0.3) is 0 Å². The van der Waals surface area contributed by atoms with Crippen LogP contribution < -0.4 is 5.32 Å². The fraction of sp³-hybridized carbons (Fsp3) is 0.250. The van der Waals surface area contributed by atoms with Crippen molar-refractivity contribution >= 4 is 17.3 Å². The summed E-state index contributed by atoms with van der Waals surface area (Å²) in [5.74, 6) is -0.421. The van der Waals surface area contributed by atoms with E-state index in [1.807, 2.05) is 20.2 Å². The van der Waals surface area contributed by atoms with Crippen LogP contribution in [-0.2, 0) is 13.6 Å². The summed E-state index contributed by atoms with van der Waals surface area (Å²) in [7, 11) is 1.86. The number of hydrogen-bond acceptors (Lipinski definition) is 2. The lowest BCUT2D eigenvalue weighted by molar-refractivity contribution is 0.630. The highest BCUT2D eigenvalue weighted by Crippen LogP contribution is 2.22. The molecule has 2 aromatic rings. The smallest absolute Gasteiger partial charge is 0.164 e. The molecule has 5 heteroatoms. The second kappa shape index (κ2) is 4.75. The number of rotatable bonds is 3. The van der Waals surface area contributed by atoms with E-state index in [2.05, 4.69) is 10.4 Å². The molecule has 1 heterocycles. The fourth-order valence-corrected chi connectivity index (χ4v) is 1.83. The Morgan fingerprint density at radius 3 is 2.88 bits per heavy atom. The van der Waals surface area contributed by atoms with E-state index in [4.69, 9.17) is 11.6 Å². The molecule has 3 nitrogen and oxygen atoms in total. The molecule has 0 saturated carbocycles. The van der Waals surface area contributed by atoms with Crippen molar-refractivity contribution in [2.75, 3.05) is 5.32 Å². The number of hydrogen-bond donors (Lipinski definition) is 1. The van der Waals surface area contributed by atoms with Gasteiger partial charge in [-0.3, -0.25) is 4.68 Å². The number of anilines is 1. The van der Waals surface area contributed by atoms with Crippen molar-refractivity contribution < 1.29 is 4.39 Å². The third-order valence-electron chi connectivity index (χ3n) is 2.54. The maximum Gasteiger partial charge on any atom is 0.164 e. The molecule has 1 aromatic heterocycles. The minimum Gasteiger partial charge on any atom is -0.378 e. The van der Waals surface area contributed by atoms with Crippen LogP contribution in [0, 0.1) is 12.7 Å². The highest BCUT2D eigenvalue weighted by atomic mass is 35.5. The van der Waals surface area contributed by atoms with Gasteiger partial charge in [-0.15, -0.1) is 0 Å². The van der Waals surface area contributed by atoms with Crippen molar-refractivity contribution in [3.63, 3.8) is 0 Å². The number of nitrogens with one attached hydrogen (secondary N) is 1. The third kappa shape index (κ3) is 2.58. The molecule has 0 saturated heterocycles. The summed E-state index contributed by atoms with van der Waals surface area (Å²) in [5, 5.41) is 7.35. The van der Waals surface area contributed by atoms with E-state index in [0.717, 1.165) is 11.3 Å². The minimum absolute atomic E-state index is 0.123. The topological polar surface area (TPSA) is 29.9 Å². The van der Waals surface area contributed by atoms with Crippen LogP contribution in [0.3, 0.4) is 0 Å². The molecule has 90 valence electrons. The Morgan fingerprint density at radius 2 is 2.24 bits per heavy atom. The van der Waals surface area contributed by atoms with Crippen LogP contribution in [0.2, 0.25) is 5.02 Å². The number of nitrogens with zero attached hydrogens (tertiary/aromatic N) is 2. The van der Waals surface area contributed by atoms with Crippen LogP contribution in [0.5, 0.6) is 0 Å². The van der Waals surface area contributed by atoms with Crippen LogP contribution in [0.4, 0.5) is 10.1 Å². The van der Waals surface area contributed by atoms with Crippen molar-refractivity contribution in [1.29, 1.82) is 0 Å². The highest BCUT2D eigenvalue weighted by Gasteiger charge is 2.07. The van der Waals surface area contributed by atoms with Crippen LogP contribution in [-0.4, -0.2) is 9.78 Å². The first-order chi connectivity index (χ1) is 8.08. The summed E-state index contributed by atoms with van der Waals surface area (Å²) < 4.78 is 15.3. The molecule has 0 amide bonds. The first-order valence-corrected chi connectivity index (χ1v) is 5.62. The summed E-state index contributed by atoms with van der Waals surface area (Å²) in [5.41, 5.74) is 2.37. The molecule has 17 heavy (non-hydrogen) atoms. The van der Waals surface area contributed by atoms with E-state index in [1.165, 1.54) is 6.07 Å². The molecule has 0 unspecified atom stereocenters. The molecule has 0 aliphatic carbocycles. The third-order valence-corrected chi connectivity index (χ3v) is 2.83. The van der Waals surface area contributed by atoms with E-state index < -0.39 is 5.82 Å². The molecule has 0 fully saturated rings. The van der Waals surface area contributed by atoms with Gasteiger partial charge in [-0.2, -0.15) is 5.10 Å². The maximum absolute atomic E-state index is 13.6. The first kappa shape index (κ1) is 11.9. The number of aromatic nitrogens is 2. The van der Waals surface area contributed by atoms with Crippen LogP contribution >= 0.6 is 11.6 Å². The van der Waals surface area contributed by atoms with Gasteiger partial charge >= 0.3 is 0 Å². The average Bonchev–Trinajstić information content (AvgIpc) is 2.60. The Morgan fingerprint density at radius 1 is 1.47 bits per heavy atom. The Bertz CT molecular complexity index is 537. The minimum atomic E-state index is -0.421. The molecule has 0 bridgehead atoms. The molecular weight excluding hydrogens is 241 g/mol. The van der Waals surface area contributed by atoms with Crippen molar-refractivity contribution in [2.45, 2.75) is 13.5 Å². The van der Waals surface area contributed by atoms with Gasteiger partial charge in [0.25, 0.3) is 0 Å². The summed E-state index contributed by atoms with van der Waals surface area (Å²) >= 11 is 5.70. The van der Waals surface area contributed by atoms with Crippen LogP contribution in [0.15, 0.2) is 24.4 Å². The first-order valence-electron chi connectivity index (χ1n) is 5.25. The lowest BCUT2D eigenvalue weighted by atomic mass is 10.2. The predicted octanol–water partition coefficient (Wildman–Crippen LogP) is 3.13. The van der Waals surface area contributed by atoms with E-state index >= 15 is 0 Å². The van der Waals surface area contributed by atoms with Gasteiger partial charge in [-0.05, 0) is 19.1 Å². The zero-order valence-corrected chi connectivity index (χ0v) is 10.4. The molecular formula is C12H13ClFN3. The summed E-state index contributed by atoms with van der Waals surface area (Å²) in [4.78, 5) is 0. The number of benzene rings is 1. The standard InChI is InChI=1S/C12H13ClFN3/c1-8-9(7-17(2)16-8)6-15-11-5-3-4-10(13)12(11)14/h3-5,7,15H,6H2,1-2H3. The van der Waals surface area contributed by atoms with Gasteiger partial charge in [0.05, 0.1) is 16.4 Å². The molecule has 1 N–H and O–H groups in total.